The van der Waals surface area contributed by atoms with E-state index < -0.39 is 0 Å². The summed E-state index contributed by atoms with van der Waals surface area (Å²) in [5.74, 6) is 1.49. The zero-order valence-electron chi connectivity index (χ0n) is 7.26. The average Bonchev–Trinajstić information content (AvgIpc) is 2.64. The van der Waals surface area contributed by atoms with E-state index in [4.69, 9.17) is 4.74 Å². The highest BCUT2D eigenvalue weighted by atomic mass is 16.5. The van der Waals surface area contributed by atoms with Gasteiger partial charge in [0.25, 0.3) is 0 Å². The molecule has 0 aromatic carbocycles. The number of ether oxygens (including phenoxy) is 1. The van der Waals surface area contributed by atoms with Gasteiger partial charge in [0, 0.05) is 6.61 Å². The van der Waals surface area contributed by atoms with Crippen molar-refractivity contribution in [2.24, 2.45) is 11.8 Å². The second-order valence-corrected chi connectivity index (χ2v) is 3.75. The predicted octanol–water partition coefficient (Wildman–Crippen LogP) is 2.46. The van der Waals surface area contributed by atoms with Crippen LogP contribution in [0, 0.1) is 11.8 Å². The third-order valence-corrected chi connectivity index (χ3v) is 2.26. The number of rotatable bonds is 4. The van der Waals surface area contributed by atoms with Crippen molar-refractivity contribution in [1.82, 2.24) is 0 Å². The Kier molecular flexibility index (Phi) is 2.72. The van der Waals surface area contributed by atoms with E-state index >= 15 is 0 Å². The van der Waals surface area contributed by atoms with Crippen molar-refractivity contribution in [2.75, 3.05) is 6.61 Å². The summed E-state index contributed by atoms with van der Waals surface area (Å²) in [6.07, 6.45) is 3.22. The van der Waals surface area contributed by atoms with Gasteiger partial charge in [0.15, 0.2) is 0 Å². The number of hydrogen-bond donors (Lipinski definition) is 0. The topological polar surface area (TPSA) is 9.23 Å². The van der Waals surface area contributed by atoms with E-state index in [0.717, 1.165) is 18.4 Å². The van der Waals surface area contributed by atoms with Crippen LogP contribution in [0.25, 0.3) is 0 Å². The minimum absolute atomic E-state index is 0.626. The molecule has 1 saturated carbocycles. The molecule has 0 aliphatic heterocycles. The van der Waals surface area contributed by atoms with Crippen molar-refractivity contribution in [2.45, 2.75) is 39.7 Å². The zero-order valence-corrected chi connectivity index (χ0v) is 7.26. The third kappa shape index (κ3) is 2.70. The van der Waals surface area contributed by atoms with Crippen LogP contribution in [0.2, 0.25) is 0 Å². The third-order valence-electron chi connectivity index (χ3n) is 2.26. The van der Waals surface area contributed by atoms with Crippen molar-refractivity contribution < 1.29 is 4.74 Å². The second-order valence-electron chi connectivity index (χ2n) is 3.75. The maximum absolute atomic E-state index is 5.58. The first-order chi connectivity index (χ1) is 4.70. The van der Waals surface area contributed by atoms with Gasteiger partial charge in [-0.2, -0.15) is 0 Å². The maximum atomic E-state index is 5.58. The zero-order chi connectivity index (χ0) is 7.56. The highest BCUT2D eigenvalue weighted by Gasteiger charge is 2.22. The number of hydrogen-bond acceptors (Lipinski definition) is 1. The van der Waals surface area contributed by atoms with Crippen LogP contribution in [-0.4, -0.2) is 12.7 Å². The van der Waals surface area contributed by atoms with Crippen LogP contribution in [0.1, 0.15) is 33.6 Å². The molecule has 1 nitrogen and oxygen atoms in total. The molecule has 0 amide bonds. The minimum atomic E-state index is 0.626. The van der Waals surface area contributed by atoms with Crippen molar-refractivity contribution in [3.8, 4) is 0 Å². The van der Waals surface area contributed by atoms with Gasteiger partial charge < -0.3 is 4.74 Å². The summed E-state index contributed by atoms with van der Waals surface area (Å²) in [4.78, 5) is 0. The molecule has 1 aliphatic rings. The van der Waals surface area contributed by atoms with Gasteiger partial charge in [0.05, 0.1) is 6.10 Å². The van der Waals surface area contributed by atoms with Crippen molar-refractivity contribution in [3.05, 3.63) is 0 Å². The van der Waals surface area contributed by atoms with Gasteiger partial charge in [-0.15, -0.1) is 0 Å². The van der Waals surface area contributed by atoms with E-state index in [0.29, 0.717) is 6.10 Å². The summed E-state index contributed by atoms with van der Waals surface area (Å²) < 4.78 is 5.58. The molecule has 0 aromatic heterocycles. The van der Waals surface area contributed by atoms with Gasteiger partial charge in [-0.05, 0) is 24.7 Å². The van der Waals surface area contributed by atoms with E-state index in [2.05, 4.69) is 20.8 Å². The highest BCUT2D eigenvalue weighted by Crippen LogP contribution is 2.24. The van der Waals surface area contributed by atoms with Crippen LogP contribution in [0.4, 0.5) is 0 Å². The summed E-state index contributed by atoms with van der Waals surface area (Å²) in [5, 5.41) is 0. The van der Waals surface area contributed by atoms with E-state index in [9.17, 15) is 0 Å². The minimum Gasteiger partial charge on any atom is -0.378 e. The fraction of sp³-hybridized carbons (Fsp3) is 1.00. The van der Waals surface area contributed by atoms with E-state index in [-0.39, 0.29) is 0 Å². The molecule has 60 valence electrons. The predicted molar refractivity (Wildman–Crippen MR) is 43.0 cm³/mol. The molecule has 1 unspecified atom stereocenters. The summed E-state index contributed by atoms with van der Waals surface area (Å²) in [6.45, 7) is 7.72. The summed E-state index contributed by atoms with van der Waals surface area (Å²) >= 11 is 0. The first kappa shape index (κ1) is 8.06. The molecule has 0 radical (unpaired) electrons. The summed E-state index contributed by atoms with van der Waals surface area (Å²) in [5.41, 5.74) is 0. The molecule has 1 atom stereocenters. The van der Waals surface area contributed by atoms with E-state index in [1.807, 2.05) is 0 Å². The second kappa shape index (κ2) is 3.38. The molecular formula is C9H18O. The standard InChI is InChI=1S/C9H18O/c1-7(2)8(3)6-10-9-4-5-9/h7-9H,4-6H2,1-3H3. The van der Waals surface area contributed by atoms with Crippen LogP contribution >= 0.6 is 0 Å². The first-order valence-electron chi connectivity index (χ1n) is 4.31. The van der Waals surface area contributed by atoms with Crippen LogP contribution in [-0.2, 0) is 4.74 Å². The Morgan fingerprint density at radius 2 is 1.90 bits per heavy atom. The van der Waals surface area contributed by atoms with Crippen molar-refractivity contribution >= 4 is 0 Å². The molecule has 0 heterocycles. The Bertz CT molecular complexity index is 94.9. The molecule has 1 aliphatic carbocycles. The molecule has 1 heteroatoms. The lowest BCUT2D eigenvalue weighted by atomic mass is 9.99. The smallest absolute Gasteiger partial charge is 0.0577 e. The van der Waals surface area contributed by atoms with Crippen molar-refractivity contribution in [1.29, 1.82) is 0 Å². The molecule has 10 heavy (non-hydrogen) atoms. The lowest BCUT2D eigenvalue weighted by Crippen LogP contribution is -2.12. The normalized spacial score (nSPS) is 21.6. The largest absolute Gasteiger partial charge is 0.378 e. The molecular weight excluding hydrogens is 124 g/mol. The van der Waals surface area contributed by atoms with Crippen LogP contribution in [0.5, 0.6) is 0 Å². The first-order valence-corrected chi connectivity index (χ1v) is 4.31. The molecule has 1 fully saturated rings. The van der Waals surface area contributed by atoms with Crippen LogP contribution in [0.3, 0.4) is 0 Å². The van der Waals surface area contributed by atoms with Crippen LogP contribution in [0.15, 0.2) is 0 Å². The quantitative estimate of drug-likeness (QED) is 0.586. The Hall–Kier alpha value is -0.0400. The van der Waals surface area contributed by atoms with Gasteiger partial charge >= 0.3 is 0 Å². The Morgan fingerprint density at radius 1 is 1.30 bits per heavy atom. The van der Waals surface area contributed by atoms with Gasteiger partial charge in [0.1, 0.15) is 0 Å². The molecule has 0 saturated heterocycles. The lowest BCUT2D eigenvalue weighted by molar-refractivity contribution is 0.0773. The SMILES string of the molecule is CC(C)C(C)COC1CC1. The van der Waals surface area contributed by atoms with Gasteiger partial charge in [-0.25, -0.2) is 0 Å². The van der Waals surface area contributed by atoms with Gasteiger partial charge in [-0.3, -0.25) is 0 Å². The van der Waals surface area contributed by atoms with E-state index in [1.165, 1.54) is 12.8 Å². The maximum Gasteiger partial charge on any atom is 0.0577 e. The van der Waals surface area contributed by atoms with Gasteiger partial charge in [-0.1, -0.05) is 20.8 Å². The average molecular weight is 142 g/mol. The van der Waals surface area contributed by atoms with E-state index in [1.54, 1.807) is 0 Å². The molecule has 0 bridgehead atoms. The fourth-order valence-corrected chi connectivity index (χ4v) is 0.715. The molecule has 0 spiro atoms. The Morgan fingerprint density at radius 3 is 2.30 bits per heavy atom. The Balaban J connectivity index is 1.99. The Labute approximate surface area is 63.8 Å². The molecule has 0 aromatic rings. The summed E-state index contributed by atoms with van der Waals surface area (Å²) in [6, 6.07) is 0. The highest BCUT2D eigenvalue weighted by molar-refractivity contribution is 4.73. The molecule has 0 N–H and O–H groups in total. The lowest BCUT2D eigenvalue weighted by Gasteiger charge is -2.14. The summed E-state index contributed by atoms with van der Waals surface area (Å²) in [7, 11) is 0. The van der Waals surface area contributed by atoms with Gasteiger partial charge in [0.2, 0.25) is 0 Å². The fourth-order valence-electron chi connectivity index (χ4n) is 0.715. The monoisotopic (exact) mass is 142 g/mol. The van der Waals surface area contributed by atoms with Crippen LogP contribution < -0.4 is 0 Å². The molecule has 1 rings (SSSR count). The van der Waals surface area contributed by atoms with Crippen molar-refractivity contribution in [3.63, 3.8) is 0 Å².